The quantitative estimate of drug-likeness (QED) is 0.229. The van der Waals surface area contributed by atoms with Gasteiger partial charge in [-0.05, 0) is 47.3 Å². The number of rotatable bonds is 16. The fourth-order valence-corrected chi connectivity index (χ4v) is 6.06. The van der Waals surface area contributed by atoms with E-state index < -0.39 is 0 Å². The van der Waals surface area contributed by atoms with Crippen LogP contribution in [-0.4, -0.2) is 63.1 Å². The van der Waals surface area contributed by atoms with Gasteiger partial charge in [-0.25, -0.2) is 0 Å². The fourth-order valence-electron chi connectivity index (χ4n) is 6.06. The van der Waals surface area contributed by atoms with Gasteiger partial charge in [0.2, 0.25) is 0 Å². The predicted octanol–water partition coefficient (Wildman–Crippen LogP) is 6.74. The number of aliphatic hydroxyl groups excluding tert-OH is 2. The van der Waals surface area contributed by atoms with Gasteiger partial charge in [0.15, 0.2) is 0 Å². The maximum Gasteiger partial charge on any atom is 0.0701 e. The molecule has 0 aliphatic heterocycles. The molecule has 0 bridgehead atoms. The zero-order valence-electron chi connectivity index (χ0n) is 25.6. The average Bonchev–Trinajstić information content (AvgIpc) is 2.61. The molecule has 0 aliphatic rings. The van der Waals surface area contributed by atoms with Crippen molar-refractivity contribution in [2.24, 2.45) is 32.5 Å². The molecule has 0 fully saturated rings. The Morgan fingerprint density at radius 2 is 0.629 bits per heavy atom. The maximum absolute atomic E-state index is 10.3. The largest absolute Gasteiger partial charge is 0.396 e. The Hall–Kier alpha value is -0.200. The number of hydrogen-bond donors (Lipinski definition) is 2. The van der Waals surface area contributed by atoms with Gasteiger partial charge in [0.1, 0.15) is 0 Å². The van der Waals surface area contributed by atoms with Crippen molar-refractivity contribution in [3.63, 3.8) is 0 Å². The van der Waals surface area contributed by atoms with Crippen molar-refractivity contribution in [3.05, 3.63) is 0 Å². The summed E-state index contributed by atoms with van der Waals surface area (Å²) in [5.74, 6) is 0. The van der Waals surface area contributed by atoms with Gasteiger partial charge < -0.3 is 24.4 Å². The first-order chi connectivity index (χ1) is 15.7. The molecule has 2 N–H and O–H groups in total. The molecular formula is C30H62O5. The van der Waals surface area contributed by atoms with E-state index in [-0.39, 0.29) is 45.7 Å². The zero-order chi connectivity index (χ0) is 27.6. The first-order valence-electron chi connectivity index (χ1n) is 13.6. The Bertz CT molecular complexity index is 475. The summed E-state index contributed by atoms with van der Waals surface area (Å²) in [6, 6.07) is 0. The van der Waals surface area contributed by atoms with Crippen molar-refractivity contribution < 1.29 is 24.4 Å². The Morgan fingerprint density at radius 1 is 0.400 bits per heavy atom. The van der Waals surface area contributed by atoms with E-state index in [9.17, 15) is 10.2 Å². The standard InChI is InChI=1S/C30H62O5/c1-25(2,3)17-29(21-31,18-26(4,5)6)23-34-15-13-33-14-16-35-24-30(22-32,19-27(7,8)9)20-28(10,11)12/h31-32H,13-24H2,1-12H3. The van der Waals surface area contributed by atoms with Crippen LogP contribution < -0.4 is 0 Å². The number of aliphatic hydroxyl groups is 2. The molecule has 212 valence electrons. The minimum atomic E-state index is -0.243. The van der Waals surface area contributed by atoms with Gasteiger partial charge in [0, 0.05) is 10.8 Å². The van der Waals surface area contributed by atoms with Gasteiger partial charge in [-0.2, -0.15) is 0 Å². The molecule has 0 aromatic rings. The van der Waals surface area contributed by atoms with Crippen LogP contribution in [0.4, 0.5) is 0 Å². The average molecular weight is 503 g/mol. The van der Waals surface area contributed by atoms with E-state index >= 15 is 0 Å². The summed E-state index contributed by atoms with van der Waals surface area (Å²) >= 11 is 0. The van der Waals surface area contributed by atoms with E-state index in [0.717, 1.165) is 25.7 Å². The van der Waals surface area contributed by atoms with Gasteiger partial charge in [-0.1, -0.05) is 83.1 Å². The SMILES string of the molecule is CC(C)(C)CC(CO)(COCCOCCOCC(CO)(CC(C)(C)C)CC(C)(C)C)CC(C)(C)C. The summed E-state index contributed by atoms with van der Waals surface area (Å²) < 4.78 is 17.8. The van der Waals surface area contributed by atoms with E-state index in [1.165, 1.54) is 0 Å². The highest BCUT2D eigenvalue weighted by atomic mass is 16.5. The lowest BCUT2D eigenvalue weighted by Gasteiger charge is -2.41. The molecule has 0 aromatic carbocycles. The highest BCUT2D eigenvalue weighted by molar-refractivity contribution is 4.88. The molecule has 0 radical (unpaired) electrons. The van der Waals surface area contributed by atoms with Crippen molar-refractivity contribution in [2.45, 2.75) is 109 Å². The van der Waals surface area contributed by atoms with Crippen LogP contribution in [0.1, 0.15) is 109 Å². The van der Waals surface area contributed by atoms with Gasteiger partial charge in [0.05, 0.1) is 52.9 Å². The van der Waals surface area contributed by atoms with E-state index in [4.69, 9.17) is 14.2 Å². The van der Waals surface area contributed by atoms with E-state index in [1.54, 1.807) is 0 Å². The first-order valence-corrected chi connectivity index (χ1v) is 13.6. The molecule has 0 saturated heterocycles. The van der Waals surface area contributed by atoms with Crippen molar-refractivity contribution in [2.75, 3.05) is 52.9 Å². The van der Waals surface area contributed by atoms with Gasteiger partial charge in [0.25, 0.3) is 0 Å². The summed E-state index contributed by atoms with van der Waals surface area (Å²) in [5, 5.41) is 20.6. The Morgan fingerprint density at radius 3 is 0.829 bits per heavy atom. The van der Waals surface area contributed by atoms with Gasteiger partial charge in [-0.3, -0.25) is 0 Å². The smallest absolute Gasteiger partial charge is 0.0701 e. The normalized spacial score (nSPS) is 14.6. The lowest BCUT2D eigenvalue weighted by atomic mass is 9.67. The van der Waals surface area contributed by atoms with Crippen LogP contribution in [0.5, 0.6) is 0 Å². The monoisotopic (exact) mass is 502 g/mol. The van der Waals surface area contributed by atoms with Crippen molar-refractivity contribution >= 4 is 0 Å². The van der Waals surface area contributed by atoms with Crippen LogP contribution in [0.25, 0.3) is 0 Å². The minimum Gasteiger partial charge on any atom is -0.396 e. The molecule has 0 heterocycles. The Kier molecular flexibility index (Phi) is 14.0. The van der Waals surface area contributed by atoms with E-state index in [2.05, 4.69) is 83.1 Å². The summed E-state index contributed by atoms with van der Waals surface area (Å²) in [6.07, 6.45) is 3.66. The lowest BCUT2D eigenvalue weighted by molar-refractivity contribution is -0.0671. The van der Waals surface area contributed by atoms with Gasteiger partial charge >= 0.3 is 0 Å². The molecule has 0 aliphatic carbocycles. The summed E-state index contributed by atoms with van der Waals surface area (Å²) in [6.45, 7) is 30.0. The van der Waals surface area contributed by atoms with E-state index in [0.29, 0.717) is 39.6 Å². The third-order valence-corrected chi connectivity index (χ3v) is 5.85. The second kappa shape index (κ2) is 14.1. The molecule has 0 aromatic heterocycles. The molecule has 0 saturated carbocycles. The molecule has 0 rings (SSSR count). The van der Waals surface area contributed by atoms with Gasteiger partial charge in [-0.15, -0.1) is 0 Å². The minimum absolute atomic E-state index is 0.120. The predicted molar refractivity (Wildman–Crippen MR) is 148 cm³/mol. The summed E-state index contributed by atoms with van der Waals surface area (Å²) in [7, 11) is 0. The molecule has 0 spiro atoms. The van der Waals surface area contributed by atoms with Crippen molar-refractivity contribution in [1.29, 1.82) is 0 Å². The fraction of sp³-hybridized carbons (Fsp3) is 1.00. The zero-order valence-corrected chi connectivity index (χ0v) is 25.6. The first kappa shape index (κ1) is 34.8. The maximum atomic E-state index is 10.3. The van der Waals surface area contributed by atoms with Crippen LogP contribution in [0.2, 0.25) is 0 Å². The molecule has 5 heteroatoms. The van der Waals surface area contributed by atoms with Crippen molar-refractivity contribution in [3.8, 4) is 0 Å². The van der Waals surface area contributed by atoms with Crippen LogP contribution in [0.3, 0.4) is 0 Å². The second-order valence-corrected chi connectivity index (χ2v) is 16.0. The van der Waals surface area contributed by atoms with Crippen molar-refractivity contribution in [1.82, 2.24) is 0 Å². The molecule has 35 heavy (non-hydrogen) atoms. The summed E-state index contributed by atoms with van der Waals surface area (Å²) in [4.78, 5) is 0. The Balaban J connectivity index is 4.57. The third kappa shape index (κ3) is 17.8. The highest BCUT2D eigenvalue weighted by Crippen LogP contribution is 2.43. The molecule has 5 nitrogen and oxygen atoms in total. The van der Waals surface area contributed by atoms with E-state index in [1.807, 2.05) is 0 Å². The van der Waals surface area contributed by atoms with Crippen LogP contribution in [0.15, 0.2) is 0 Å². The third-order valence-electron chi connectivity index (χ3n) is 5.85. The summed E-state index contributed by atoms with van der Waals surface area (Å²) in [5.41, 5.74) is -0.00547. The molecular weight excluding hydrogens is 440 g/mol. The van der Waals surface area contributed by atoms with Crippen LogP contribution in [0, 0.1) is 32.5 Å². The number of hydrogen-bond acceptors (Lipinski definition) is 5. The highest BCUT2D eigenvalue weighted by Gasteiger charge is 2.39. The number of ether oxygens (including phenoxy) is 3. The van der Waals surface area contributed by atoms with Crippen LogP contribution in [-0.2, 0) is 14.2 Å². The second-order valence-electron chi connectivity index (χ2n) is 16.0. The molecule has 0 unspecified atom stereocenters. The lowest BCUT2D eigenvalue weighted by Crippen LogP contribution is -2.39. The van der Waals surface area contributed by atoms with Crippen LogP contribution >= 0.6 is 0 Å². The topological polar surface area (TPSA) is 68.2 Å². The molecule has 0 amide bonds. The Labute approximate surface area is 218 Å². The molecule has 0 atom stereocenters.